The molecule has 0 fully saturated rings. The summed E-state index contributed by atoms with van der Waals surface area (Å²) in [6.07, 6.45) is 10.2. The lowest BCUT2D eigenvalue weighted by atomic mass is 9.95. The number of ketones is 1. The minimum atomic E-state index is -1.47. The number of benzene rings is 2. The van der Waals surface area contributed by atoms with E-state index in [1.54, 1.807) is 0 Å². The van der Waals surface area contributed by atoms with Crippen molar-refractivity contribution in [1.82, 2.24) is 4.98 Å². The number of H-pyrrole nitrogens is 1. The van der Waals surface area contributed by atoms with E-state index in [1.807, 2.05) is 42.5 Å². The molecular weight excluding hydrogens is 482 g/mol. The standard InChI is InChI=1S/C31H39NO6/c1-2-3-4-5-6-7-8-9-10-17-26(33)29-28-24(15-12-16-25(28)32-30(29)38-31(36)37)21-23-14-11-13-22(20-23)18-19-27(34)35/h11-16,20,32H,2-10,17-19,21H2,1H3,(H,34,35)(H,36,37). The second-order valence-electron chi connectivity index (χ2n) is 9.93. The van der Waals surface area contributed by atoms with Gasteiger partial charge in [0.2, 0.25) is 5.88 Å². The molecule has 0 amide bonds. The van der Waals surface area contributed by atoms with Crippen molar-refractivity contribution in [2.24, 2.45) is 0 Å². The smallest absolute Gasteiger partial charge is 0.481 e. The third-order valence-corrected chi connectivity index (χ3v) is 6.87. The fourth-order valence-electron chi connectivity index (χ4n) is 4.96. The summed E-state index contributed by atoms with van der Waals surface area (Å²) in [7, 11) is 0. The minimum absolute atomic E-state index is 0.0314. The second-order valence-corrected chi connectivity index (χ2v) is 9.93. The zero-order valence-electron chi connectivity index (χ0n) is 22.3. The fraction of sp³-hybridized carbons (Fsp3) is 0.452. The second kappa shape index (κ2) is 15.0. The summed E-state index contributed by atoms with van der Waals surface area (Å²) in [5.41, 5.74) is 3.74. The first kappa shape index (κ1) is 29.0. The van der Waals surface area contributed by atoms with E-state index in [1.165, 1.54) is 38.5 Å². The number of hydrogen-bond acceptors (Lipinski definition) is 4. The molecule has 0 bridgehead atoms. The van der Waals surface area contributed by atoms with Gasteiger partial charge >= 0.3 is 12.1 Å². The number of nitrogens with one attached hydrogen (secondary N) is 1. The van der Waals surface area contributed by atoms with E-state index in [2.05, 4.69) is 11.9 Å². The highest BCUT2D eigenvalue weighted by Gasteiger charge is 2.23. The van der Waals surface area contributed by atoms with Crippen molar-refractivity contribution in [2.75, 3.05) is 0 Å². The van der Waals surface area contributed by atoms with Crippen LogP contribution >= 0.6 is 0 Å². The van der Waals surface area contributed by atoms with Crippen LogP contribution in [0.25, 0.3) is 10.9 Å². The van der Waals surface area contributed by atoms with Crippen LogP contribution in [0.2, 0.25) is 0 Å². The number of aromatic amines is 1. The topological polar surface area (TPSA) is 117 Å². The van der Waals surface area contributed by atoms with Crippen LogP contribution in [-0.4, -0.2) is 33.1 Å². The van der Waals surface area contributed by atoms with Gasteiger partial charge in [0, 0.05) is 23.7 Å². The molecule has 0 aliphatic carbocycles. The van der Waals surface area contributed by atoms with Gasteiger partial charge in [-0.1, -0.05) is 94.7 Å². The van der Waals surface area contributed by atoms with Gasteiger partial charge in [-0.2, -0.15) is 0 Å². The first-order valence-electron chi connectivity index (χ1n) is 13.8. The van der Waals surface area contributed by atoms with E-state index in [0.29, 0.717) is 35.7 Å². The molecule has 0 unspecified atom stereocenters. The lowest BCUT2D eigenvalue weighted by Gasteiger charge is -2.09. The first-order valence-corrected chi connectivity index (χ1v) is 13.8. The molecule has 38 heavy (non-hydrogen) atoms. The molecule has 0 aliphatic heterocycles. The highest BCUT2D eigenvalue weighted by atomic mass is 16.7. The highest BCUT2D eigenvalue weighted by molar-refractivity contribution is 6.11. The van der Waals surface area contributed by atoms with Crippen LogP contribution in [0, 0.1) is 0 Å². The summed E-state index contributed by atoms with van der Waals surface area (Å²) in [6.45, 7) is 2.21. The first-order chi connectivity index (χ1) is 18.4. The van der Waals surface area contributed by atoms with E-state index in [4.69, 9.17) is 9.84 Å². The monoisotopic (exact) mass is 521 g/mol. The Bertz CT molecular complexity index is 1230. The summed E-state index contributed by atoms with van der Waals surface area (Å²) in [4.78, 5) is 38.7. The van der Waals surface area contributed by atoms with Crippen LogP contribution in [0.1, 0.15) is 105 Å². The molecule has 0 aliphatic rings. The molecule has 1 aromatic heterocycles. The van der Waals surface area contributed by atoms with Crippen molar-refractivity contribution in [3.8, 4) is 5.88 Å². The van der Waals surface area contributed by atoms with Crippen molar-refractivity contribution in [3.05, 3.63) is 64.7 Å². The number of unbranched alkanes of at least 4 members (excludes halogenated alkanes) is 8. The summed E-state index contributed by atoms with van der Waals surface area (Å²) in [5.74, 6) is -0.997. The predicted octanol–water partition coefficient (Wildman–Crippen LogP) is 7.94. The van der Waals surface area contributed by atoms with Crippen molar-refractivity contribution < 1.29 is 29.3 Å². The number of aryl methyl sites for hydroxylation is 1. The van der Waals surface area contributed by atoms with Crippen LogP contribution in [0.5, 0.6) is 5.88 Å². The Morgan fingerprint density at radius 3 is 2.16 bits per heavy atom. The third kappa shape index (κ3) is 8.75. The van der Waals surface area contributed by atoms with Gasteiger partial charge in [0.25, 0.3) is 0 Å². The third-order valence-electron chi connectivity index (χ3n) is 6.87. The van der Waals surface area contributed by atoms with E-state index in [9.17, 15) is 19.5 Å². The summed E-state index contributed by atoms with van der Waals surface area (Å²) >= 11 is 0. The average Bonchev–Trinajstić information content (AvgIpc) is 3.25. The molecule has 3 N–H and O–H groups in total. The molecule has 0 spiro atoms. The molecule has 3 rings (SSSR count). The number of carbonyl (C=O) groups is 3. The number of carboxylic acid groups (broad SMARTS) is 2. The maximum Gasteiger partial charge on any atom is 0.512 e. The lowest BCUT2D eigenvalue weighted by Crippen LogP contribution is -2.08. The number of rotatable bonds is 17. The highest BCUT2D eigenvalue weighted by Crippen LogP contribution is 2.34. The van der Waals surface area contributed by atoms with Gasteiger partial charge in [0.15, 0.2) is 5.78 Å². The fourth-order valence-corrected chi connectivity index (χ4v) is 4.96. The Hall–Kier alpha value is -3.61. The van der Waals surface area contributed by atoms with E-state index in [-0.39, 0.29) is 18.1 Å². The van der Waals surface area contributed by atoms with E-state index >= 15 is 0 Å². The number of carboxylic acids is 1. The Kier molecular flexibility index (Phi) is 11.4. The number of fused-ring (bicyclic) bond motifs is 1. The van der Waals surface area contributed by atoms with Crippen LogP contribution in [0.15, 0.2) is 42.5 Å². The Labute approximate surface area is 224 Å². The molecule has 204 valence electrons. The molecule has 3 aromatic rings. The molecule has 7 heteroatoms. The number of aromatic nitrogens is 1. The van der Waals surface area contributed by atoms with Crippen molar-refractivity contribution in [2.45, 2.75) is 90.4 Å². The zero-order valence-corrected chi connectivity index (χ0v) is 22.3. The molecule has 0 radical (unpaired) electrons. The Balaban J connectivity index is 1.75. The van der Waals surface area contributed by atoms with Crippen LogP contribution in [0.3, 0.4) is 0 Å². The Morgan fingerprint density at radius 1 is 0.816 bits per heavy atom. The summed E-state index contributed by atoms with van der Waals surface area (Å²) in [5, 5.41) is 19.0. The average molecular weight is 522 g/mol. The van der Waals surface area contributed by atoms with Gasteiger partial charge in [-0.05, 0) is 42.0 Å². The molecule has 7 nitrogen and oxygen atoms in total. The number of ether oxygens (including phenoxy) is 1. The van der Waals surface area contributed by atoms with Crippen LogP contribution < -0.4 is 4.74 Å². The largest absolute Gasteiger partial charge is 0.512 e. The molecule has 2 aromatic carbocycles. The molecule has 0 saturated carbocycles. The quantitative estimate of drug-likeness (QED) is 0.0943. The maximum absolute atomic E-state index is 13.4. The SMILES string of the molecule is CCCCCCCCCCCC(=O)c1c(OC(=O)O)[nH]c2cccc(Cc3cccc(CCC(=O)O)c3)c12. The van der Waals surface area contributed by atoms with Crippen molar-refractivity contribution in [1.29, 1.82) is 0 Å². The van der Waals surface area contributed by atoms with E-state index in [0.717, 1.165) is 36.0 Å². The summed E-state index contributed by atoms with van der Waals surface area (Å²) in [6, 6.07) is 13.4. The molecule has 0 atom stereocenters. The molecular formula is C31H39NO6. The minimum Gasteiger partial charge on any atom is -0.481 e. The summed E-state index contributed by atoms with van der Waals surface area (Å²) < 4.78 is 5.01. The van der Waals surface area contributed by atoms with Crippen molar-refractivity contribution in [3.63, 3.8) is 0 Å². The van der Waals surface area contributed by atoms with Gasteiger partial charge in [0.05, 0.1) is 5.56 Å². The normalized spacial score (nSPS) is 11.1. The van der Waals surface area contributed by atoms with Gasteiger partial charge in [-0.25, -0.2) is 4.79 Å². The van der Waals surface area contributed by atoms with Gasteiger partial charge < -0.3 is 19.9 Å². The number of Topliss-reactive ketones (excluding diaryl/α,β-unsaturated/α-hetero) is 1. The number of carbonyl (C=O) groups excluding carboxylic acids is 1. The predicted molar refractivity (Wildman–Crippen MR) is 148 cm³/mol. The van der Waals surface area contributed by atoms with Gasteiger partial charge in [-0.3, -0.25) is 9.59 Å². The van der Waals surface area contributed by atoms with E-state index < -0.39 is 12.1 Å². The van der Waals surface area contributed by atoms with Crippen molar-refractivity contribution >= 4 is 28.8 Å². The Morgan fingerprint density at radius 2 is 1.47 bits per heavy atom. The number of hydrogen-bond donors (Lipinski definition) is 3. The zero-order chi connectivity index (χ0) is 27.3. The van der Waals surface area contributed by atoms with Crippen LogP contribution in [-0.2, 0) is 17.6 Å². The van der Waals surface area contributed by atoms with Gasteiger partial charge in [-0.15, -0.1) is 0 Å². The molecule has 1 heterocycles. The van der Waals surface area contributed by atoms with Crippen LogP contribution in [0.4, 0.5) is 4.79 Å². The van der Waals surface area contributed by atoms with Gasteiger partial charge in [0.1, 0.15) is 0 Å². The molecule has 0 saturated heterocycles. The lowest BCUT2D eigenvalue weighted by molar-refractivity contribution is -0.136. The number of aliphatic carboxylic acids is 1. The maximum atomic E-state index is 13.4.